The van der Waals surface area contributed by atoms with Crippen molar-refractivity contribution in [2.75, 3.05) is 26.4 Å². The number of aliphatic hydroxyl groups is 11. The summed E-state index contributed by atoms with van der Waals surface area (Å²) in [5.74, 6) is -0.264. The molecule has 17 unspecified atom stereocenters. The van der Waals surface area contributed by atoms with E-state index in [0.29, 0.717) is 6.42 Å². The summed E-state index contributed by atoms with van der Waals surface area (Å²) >= 11 is 0. The van der Waals surface area contributed by atoms with Crippen LogP contribution in [0.2, 0.25) is 0 Å². The van der Waals surface area contributed by atoms with Crippen LogP contribution in [-0.4, -0.2) is 193 Å². The second-order valence-corrected chi connectivity index (χ2v) is 32.8. The highest BCUT2D eigenvalue weighted by atomic mass is 16.8. The van der Waals surface area contributed by atoms with E-state index in [4.69, 9.17) is 28.4 Å². The Bertz CT molecular complexity index is 1970. The molecule has 0 aromatic heterocycles. The molecule has 0 saturated carbocycles. The Kier molecular flexibility index (Phi) is 64.2. The molecule has 0 aliphatic carbocycles. The maximum absolute atomic E-state index is 13.5. The molecule has 12 N–H and O–H groups in total. The van der Waals surface area contributed by atoms with E-state index in [1.54, 1.807) is 6.08 Å². The lowest BCUT2D eigenvalue weighted by atomic mass is 9.96. The van der Waals surface area contributed by atoms with Gasteiger partial charge in [-0.2, -0.15) is 0 Å². The van der Waals surface area contributed by atoms with Gasteiger partial charge in [-0.25, -0.2) is 0 Å². The molecule has 3 fully saturated rings. The van der Waals surface area contributed by atoms with Gasteiger partial charge in [0.1, 0.15) is 73.2 Å². The minimum Gasteiger partial charge on any atom is -0.394 e. The van der Waals surface area contributed by atoms with Crippen molar-refractivity contribution in [1.82, 2.24) is 5.32 Å². The van der Waals surface area contributed by atoms with Crippen LogP contribution in [0.1, 0.15) is 412 Å². The second kappa shape index (κ2) is 68.9. The van der Waals surface area contributed by atoms with E-state index in [0.717, 1.165) is 44.9 Å². The SMILES string of the molecule is CCCCCCCCCCCCCCCCCCCCCCCCCCCCCCCC/C=C/C(O)C(COC1OC(CO)C(OC2OC(CO)C(OC3OC(CO)C(O)C(O)C3O)C(O)C2O)C(O)C1O)NC(=O)CCCCCCCCCCCCCCCCCCCCCCCCCCCCCCCC. The van der Waals surface area contributed by atoms with Gasteiger partial charge >= 0.3 is 0 Å². The molecule has 3 saturated heterocycles. The highest BCUT2D eigenvalue weighted by Gasteiger charge is 2.54. The molecular formula is C88H169NO18. The van der Waals surface area contributed by atoms with E-state index < -0.39 is 124 Å². The summed E-state index contributed by atoms with van der Waals surface area (Å²) < 4.78 is 34.5. The van der Waals surface area contributed by atoms with Crippen LogP contribution < -0.4 is 5.32 Å². The van der Waals surface area contributed by atoms with E-state index in [1.165, 1.54) is 340 Å². The van der Waals surface area contributed by atoms with Crippen LogP contribution in [0.3, 0.4) is 0 Å². The number of unbranched alkanes of at least 4 members (excludes halogenated alkanes) is 59. The number of carbonyl (C=O) groups excluding carboxylic acids is 1. The van der Waals surface area contributed by atoms with Gasteiger partial charge < -0.3 is 89.9 Å². The number of rotatable bonds is 75. The Morgan fingerprint density at radius 1 is 0.327 bits per heavy atom. The predicted molar refractivity (Wildman–Crippen MR) is 430 cm³/mol. The minimum absolute atomic E-state index is 0.251. The zero-order valence-electron chi connectivity index (χ0n) is 68.4. The fraction of sp³-hybridized carbons (Fsp3) is 0.966. The highest BCUT2D eigenvalue weighted by Crippen LogP contribution is 2.34. The molecule has 17 atom stereocenters. The summed E-state index contributed by atoms with van der Waals surface area (Å²) in [5.41, 5.74) is 0. The standard InChI is InChI=1S/C88H169NO18/c1-3-5-7-9-11-13-15-17-19-21-23-25-27-29-31-33-35-36-37-39-41-43-45-47-49-51-53-55-57-59-61-63-65-72(93)71(89-76(94)66-64-62-60-58-56-54-52-50-48-46-44-42-40-38-34-32-30-28-26-24-22-20-18-16-14-12-10-8-6-4-2)70-102-86-82(100)79(97)84(74(68-91)104-86)107-88-83(101)80(98)85(75(69-92)105-88)106-87-81(99)78(96)77(95)73(67-90)103-87/h63,65,71-75,77-88,90-93,95-101H,3-62,64,66-70H2,1-2H3,(H,89,94)/b65-63+. The molecule has 0 spiro atoms. The third-order valence-corrected chi connectivity index (χ3v) is 23.1. The molecule has 0 bridgehead atoms. The summed E-state index contributed by atoms with van der Waals surface area (Å²) in [5, 5.41) is 121. The molecule has 1 amide bonds. The van der Waals surface area contributed by atoms with Crippen LogP contribution in [0.5, 0.6) is 0 Å². The molecule has 3 aliphatic rings. The van der Waals surface area contributed by atoms with Crippen molar-refractivity contribution in [2.45, 2.75) is 516 Å². The molecule has 3 heterocycles. The fourth-order valence-corrected chi connectivity index (χ4v) is 15.8. The minimum atomic E-state index is -1.98. The Hall–Kier alpha value is -1.47. The van der Waals surface area contributed by atoms with Gasteiger partial charge in [0, 0.05) is 6.42 Å². The number of allylic oxidation sites excluding steroid dienone is 1. The maximum Gasteiger partial charge on any atom is 0.220 e. The molecule has 0 aromatic rings. The summed E-state index contributed by atoms with van der Waals surface area (Å²) in [6.45, 7) is 1.82. The first kappa shape index (κ1) is 99.7. The Balaban J connectivity index is 1.33. The number of nitrogens with one attached hydrogen (secondary N) is 1. The van der Waals surface area contributed by atoms with Crippen molar-refractivity contribution in [3.8, 4) is 0 Å². The number of hydrogen-bond acceptors (Lipinski definition) is 18. The maximum atomic E-state index is 13.5. The molecule has 0 aromatic carbocycles. The van der Waals surface area contributed by atoms with E-state index >= 15 is 0 Å². The normalized spacial score (nSPS) is 25.5. The van der Waals surface area contributed by atoms with Crippen LogP contribution in [0.25, 0.3) is 0 Å². The van der Waals surface area contributed by atoms with E-state index in [1.807, 2.05) is 6.08 Å². The summed E-state index contributed by atoms with van der Waals surface area (Å²) in [4.78, 5) is 13.5. The monoisotopic (exact) mass is 1530 g/mol. The van der Waals surface area contributed by atoms with Gasteiger partial charge in [0.2, 0.25) is 5.91 Å². The smallest absolute Gasteiger partial charge is 0.220 e. The van der Waals surface area contributed by atoms with Crippen LogP contribution in [-0.2, 0) is 33.2 Å². The summed E-state index contributed by atoms with van der Waals surface area (Å²) in [6, 6.07) is -0.971. The zero-order chi connectivity index (χ0) is 77.4. The van der Waals surface area contributed by atoms with Gasteiger partial charge in [0.25, 0.3) is 0 Å². The number of carbonyl (C=O) groups is 1. The molecule has 3 rings (SSSR count). The third kappa shape index (κ3) is 47.9. The van der Waals surface area contributed by atoms with Gasteiger partial charge in [0.05, 0.1) is 38.6 Å². The molecule has 3 aliphatic heterocycles. The fourth-order valence-electron chi connectivity index (χ4n) is 15.8. The zero-order valence-corrected chi connectivity index (χ0v) is 68.4. The van der Waals surface area contributed by atoms with Crippen molar-refractivity contribution >= 4 is 5.91 Å². The van der Waals surface area contributed by atoms with Crippen LogP contribution >= 0.6 is 0 Å². The Morgan fingerprint density at radius 2 is 0.579 bits per heavy atom. The van der Waals surface area contributed by atoms with Gasteiger partial charge in [-0.1, -0.05) is 398 Å². The lowest BCUT2D eigenvalue weighted by molar-refractivity contribution is -0.379. The van der Waals surface area contributed by atoms with E-state index in [9.17, 15) is 61.0 Å². The van der Waals surface area contributed by atoms with Gasteiger partial charge in [-0.05, 0) is 19.3 Å². The first-order valence-corrected chi connectivity index (χ1v) is 45.4. The van der Waals surface area contributed by atoms with Crippen molar-refractivity contribution in [1.29, 1.82) is 0 Å². The average Bonchev–Trinajstić information content (AvgIpc) is 0.781. The Labute approximate surface area is 652 Å². The molecule has 0 radical (unpaired) electrons. The lowest BCUT2D eigenvalue weighted by Gasteiger charge is -2.48. The van der Waals surface area contributed by atoms with E-state index in [-0.39, 0.29) is 18.9 Å². The molecule has 19 heteroatoms. The topological polar surface area (TPSA) is 307 Å². The van der Waals surface area contributed by atoms with Gasteiger partial charge in [-0.15, -0.1) is 0 Å². The summed E-state index contributed by atoms with van der Waals surface area (Å²) in [7, 11) is 0. The number of amides is 1. The van der Waals surface area contributed by atoms with Crippen LogP contribution in [0, 0.1) is 0 Å². The molecule has 107 heavy (non-hydrogen) atoms. The quantitative estimate of drug-likeness (QED) is 0.0199. The Morgan fingerprint density at radius 3 is 0.879 bits per heavy atom. The number of hydrogen-bond donors (Lipinski definition) is 12. The van der Waals surface area contributed by atoms with Crippen LogP contribution in [0.15, 0.2) is 12.2 Å². The number of ether oxygens (including phenoxy) is 6. The highest BCUT2D eigenvalue weighted by molar-refractivity contribution is 5.76. The van der Waals surface area contributed by atoms with Gasteiger partial charge in [0.15, 0.2) is 18.9 Å². The van der Waals surface area contributed by atoms with Crippen molar-refractivity contribution < 1.29 is 89.4 Å². The number of aliphatic hydroxyl groups excluding tert-OH is 11. The predicted octanol–water partition coefficient (Wildman–Crippen LogP) is 17.1. The first-order valence-electron chi connectivity index (χ1n) is 45.4. The van der Waals surface area contributed by atoms with E-state index in [2.05, 4.69) is 19.2 Å². The van der Waals surface area contributed by atoms with Gasteiger partial charge in [-0.3, -0.25) is 4.79 Å². The van der Waals surface area contributed by atoms with Crippen molar-refractivity contribution in [2.24, 2.45) is 0 Å². The van der Waals surface area contributed by atoms with Crippen molar-refractivity contribution in [3.05, 3.63) is 12.2 Å². The molecular weight excluding hydrogens is 1360 g/mol. The van der Waals surface area contributed by atoms with Crippen LogP contribution in [0.4, 0.5) is 0 Å². The first-order chi connectivity index (χ1) is 52.3. The average molecular weight is 1530 g/mol. The van der Waals surface area contributed by atoms with Crippen molar-refractivity contribution in [3.63, 3.8) is 0 Å². The second-order valence-electron chi connectivity index (χ2n) is 32.8. The third-order valence-electron chi connectivity index (χ3n) is 23.1. The largest absolute Gasteiger partial charge is 0.394 e. The summed E-state index contributed by atoms with van der Waals surface area (Å²) in [6.07, 6.45) is 58.0. The molecule has 19 nitrogen and oxygen atoms in total. The lowest BCUT2D eigenvalue weighted by Crippen LogP contribution is -2.66. The molecule has 634 valence electrons.